The lowest BCUT2D eigenvalue weighted by molar-refractivity contribution is -0.138. The van der Waals surface area contributed by atoms with Crippen molar-refractivity contribution in [2.45, 2.75) is 115 Å². The number of carbonyl (C=O) groups is 5. The molecule has 7 rings (SSSR count). The van der Waals surface area contributed by atoms with Gasteiger partial charge in [-0.25, -0.2) is 14.6 Å². The topological polar surface area (TPSA) is 184 Å². The predicted molar refractivity (Wildman–Crippen MR) is 256 cm³/mol. The number of aromatic nitrogens is 2. The molecule has 0 spiro atoms. The Kier molecular flexibility index (Phi) is 15.7. The standard InChI is InChI=1S/C52H67N7O8/c1-8-10-23-52(24-11-9-2)39-27-35(41-29-53-46(55-41)43-26-33(31-65-5)30-59(43)48(61)44(32(3)4)56-50(63)66-6)19-21-37(39)38-22-20-36(28-40(38)52)54-47(60)42-18-15-25-58(42)49(62)45(57-51(64)67-7)34-16-13-12-14-17-34/h12-14,16-17,19-22,27-29,32-33,42-45H,8-11,15,18,23-26,30-31H2,1-7H3,(H,53,55)(H,54,60)(H,56,63)(H,57,64)/t33-,42-,43-,44-,45+/m0/s1. The Morgan fingerprint density at radius 3 is 2.16 bits per heavy atom. The van der Waals surface area contributed by atoms with Crippen molar-refractivity contribution in [3.05, 3.63) is 95.4 Å². The van der Waals surface area contributed by atoms with Gasteiger partial charge < -0.3 is 44.9 Å². The molecule has 0 saturated carbocycles. The molecule has 2 aliphatic heterocycles. The monoisotopic (exact) mass is 918 g/mol. The number of carbonyl (C=O) groups excluding carboxylic acids is 5. The van der Waals surface area contributed by atoms with E-state index in [9.17, 15) is 24.0 Å². The number of rotatable bonds is 18. The van der Waals surface area contributed by atoms with Crippen molar-refractivity contribution in [3.8, 4) is 22.4 Å². The van der Waals surface area contributed by atoms with Crippen LogP contribution in [0.15, 0.2) is 72.9 Å². The molecule has 15 nitrogen and oxygen atoms in total. The van der Waals surface area contributed by atoms with Crippen LogP contribution in [-0.2, 0) is 34.0 Å². The zero-order chi connectivity index (χ0) is 47.8. The van der Waals surface area contributed by atoms with Crippen LogP contribution in [0.2, 0.25) is 0 Å². The molecule has 3 aliphatic rings. The summed E-state index contributed by atoms with van der Waals surface area (Å²) in [7, 11) is 4.20. The van der Waals surface area contributed by atoms with Gasteiger partial charge in [-0.1, -0.05) is 102 Å². The first-order chi connectivity index (χ1) is 32.4. The van der Waals surface area contributed by atoms with Gasteiger partial charge in [0.2, 0.25) is 11.8 Å². The third-order valence-corrected chi connectivity index (χ3v) is 13.9. The molecule has 1 aliphatic carbocycles. The Bertz CT molecular complexity index is 2390. The Morgan fingerprint density at radius 2 is 1.51 bits per heavy atom. The highest BCUT2D eigenvalue weighted by atomic mass is 16.5. The Hall–Kier alpha value is -6.22. The third-order valence-electron chi connectivity index (χ3n) is 13.9. The van der Waals surface area contributed by atoms with Crippen LogP contribution >= 0.6 is 0 Å². The largest absolute Gasteiger partial charge is 0.453 e. The summed E-state index contributed by atoms with van der Waals surface area (Å²) in [6, 6.07) is 19.0. The lowest BCUT2D eigenvalue weighted by Gasteiger charge is -2.33. The van der Waals surface area contributed by atoms with E-state index in [1.54, 1.807) is 36.3 Å². The number of hydrogen-bond acceptors (Lipinski definition) is 9. The van der Waals surface area contributed by atoms with Crippen molar-refractivity contribution in [2.24, 2.45) is 11.8 Å². The van der Waals surface area contributed by atoms with Crippen LogP contribution in [0.3, 0.4) is 0 Å². The molecule has 2 fully saturated rings. The lowest BCUT2D eigenvalue weighted by Crippen LogP contribution is -2.51. The third kappa shape index (κ3) is 10.2. The smallest absolute Gasteiger partial charge is 0.407 e. The number of imidazole rings is 1. The molecule has 1 aromatic heterocycles. The molecule has 358 valence electrons. The van der Waals surface area contributed by atoms with Crippen LogP contribution in [-0.4, -0.2) is 103 Å². The summed E-state index contributed by atoms with van der Waals surface area (Å²) in [5.41, 5.74) is 7.48. The summed E-state index contributed by atoms with van der Waals surface area (Å²) in [6.07, 6.45) is 8.17. The zero-order valence-corrected chi connectivity index (χ0v) is 40.0. The number of unbranched alkanes of at least 4 members (excludes halogenated alkanes) is 2. The number of likely N-dealkylation sites (tertiary alicyclic amines) is 2. The number of ether oxygens (including phenoxy) is 3. The number of amides is 5. The first kappa shape index (κ1) is 48.7. The first-order valence-electron chi connectivity index (χ1n) is 23.9. The van der Waals surface area contributed by atoms with Gasteiger partial charge in [0.25, 0.3) is 5.91 Å². The van der Waals surface area contributed by atoms with Crippen LogP contribution in [0.5, 0.6) is 0 Å². The maximum Gasteiger partial charge on any atom is 0.407 e. The van der Waals surface area contributed by atoms with Crippen LogP contribution in [0.25, 0.3) is 22.4 Å². The average molecular weight is 918 g/mol. The molecule has 15 heteroatoms. The molecule has 5 amide bonds. The van der Waals surface area contributed by atoms with E-state index in [2.05, 4.69) is 65.1 Å². The van der Waals surface area contributed by atoms with Gasteiger partial charge in [0.1, 0.15) is 23.9 Å². The minimum atomic E-state index is -1.01. The fourth-order valence-electron chi connectivity index (χ4n) is 10.5. The van der Waals surface area contributed by atoms with E-state index in [0.29, 0.717) is 56.0 Å². The predicted octanol–water partition coefficient (Wildman–Crippen LogP) is 8.67. The average Bonchev–Trinajstić information content (AvgIpc) is 4.16. The van der Waals surface area contributed by atoms with E-state index in [4.69, 9.17) is 19.2 Å². The second-order valence-electron chi connectivity index (χ2n) is 18.6. The van der Waals surface area contributed by atoms with Crippen molar-refractivity contribution in [3.63, 3.8) is 0 Å². The van der Waals surface area contributed by atoms with Crippen LogP contribution in [0.4, 0.5) is 15.3 Å². The second-order valence-corrected chi connectivity index (χ2v) is 18.6. The Morgan fingerprint density at radius 1 is 0.836 bits per heavy atom. The van der Waals surface area contributed by atoms with Gasteiger partial charge in [0.15, 0.2) is 0 Å². The van der Waals surface area contributed by atoms with E-state index in [1.165, 1.54) is 25.3 Å². The van der Waals surface area contributed by atoms with Gasteiger partial charge in [-0.2, -0.15) is 0 Å². The highest BCUT2D eigenvalue weighted by Gasteiger charge is 2.45. The van der Waals surface area contributed by atoms with Crippen molar-refractivity contribution in [1.82, 2.24) is 30.4 Å². The number of fused-ring (bicyclic) bond motifs is 3. The summed E-state index contributed by atoms with van der Waals surface area (Å²) >= 11 is 0. The Labute approximate surface area is 394 Å². The van der Waals surface area contributed by atoms with Gasteiger partial charge in [0.05, 0.1) is 38.8 Å². The van der Waals surface area contributed by atoms with Crippen LogP contribution in [0.1, 0.15) is 120 Å². The van der Waals surface area contributed by atoms with Gasteiger partial charge in [-0.05, 0) is 89.6 Å². The summed E-state index contributed by atoms with van der Waals surface area (Å²) in [4.78, 5) is 79.1. The number of nitrogens with one attached hydrogen (secondary N) is 4. The molecule has 0 radical (unpaired) electrons. The van der Waals surface area contributed by atoms with Crippen molar-refractivity contribution in [1.29, 1.82) is 0 Å². The second kappa shape index (κ2) is 21.6. The quantitative estimate of drug-likeness (QED) is 0.0759. The first-order valence-corrected chi connectivity index (χ1v) is 23.9. The van der Waals surface area contributed by atoms with E-state index < -0.39 is 30.3 Å². The van der Waals surface area contributed by atoms with Gasteiger partial charge in [0, 0.05) is 37.2 Å². The molecule has 3 aromatic carbocycles. The van der Waals surface area contributed by atoms with E-state index in [-0.39, 0.29) is 41.0 Å². The number of hydrogen-bond donors (Lipinski definition) is 4. The van der Waals surface area contributed by atoms with Crippen LogP contribution in [0, 0.1) is 11.8 Å². The minimum Gasteiger partial charge on any atom is -0.453 e. The normalized spacial score (nSPS) is 19.1. The van der Waals surface area contributed by atoms with E-state index in [1.807, 2.05) is 37.1 Å². The molecule has 2 saturated heterocycles. The molecular weight excluding hydrogens is 851 g/mol. The molecule has 0 bridgehead atoms. The number of anilines is 1. The summed E-state index contributed by atoms with van der Waals surface area (Å²) < 4.78 is 15.2. The van der Waals surface area contributed by atoms with Gasteiger partial charge in [-0.3, -0.25) is 14.4 Å². The highest BCUT2D eigenvalue weighted by Crippen LogP contribution is 2.55. The van der Waals surface area contributed by atoms with Gasteiger partial charge >= 0.3 is 12.2 Å². The molecule has 0 unspecified atom stereocenters. The van der Waals surface area contributed by atoms with E-state index in [0.717, 1.165) is 60.9 Å². The molecule has 5 atom stereocenters. The number of methoxy groups -OCH3 is 3. The number of alkyl carbamates (subject to hydrolysis) is 2. The lowest BCUT2D eigenvalue weighted by atomic mass is 9.70. The maximum atomic E-state index is 14.2. The molecule has 4 aromatic rings. The van der Waals surface area contributed by atoms with Crippen molar-refractivity contribution in [2.75, 3.05) is 46.3 Å². The summed E-state index contributed by atoms with van der Waals surface area (Å²) in [5.74, 6) is -0.239. The summed E-state index contributed by atoms with van der Waals surface area (Å²) in [6.45, 7) is 9.57. The minimum absolute atomic E-state index is 0.0892. The number of nitrogens with zero attached hydrogens (tertiary/aromatic N) is 3. The molecule has 67 heavy (non-hydrogen) atoms. The maximum absolute atomic E-state index is 14.2. The Balaban J connectivity index is 1.18. The fourth-order valence-corrected chi connectivity index (χ4v) is 10.5. The summed E-state index contributed by atoms with van der Waals surface area (Å²) in [5, 5.41) is 8.62. The number of benzene rings is 3. The molecule has 4 N–H and O–H groups in total. The number of H-pyrrole nitrogens is 1. The fraction of sp³-hybridized carbons (Fsp3) is 0.500. The highest BCUT2D eigenvalue weighted by molar-refractivity contribution is 5.99. The van der Waals surface area contributed by atoms with Gasteiger partial charge in [-0.15, -0.1) is 0 Å². The van der Waals surface area contributed by atoms with E-state index >= 15 is 0 Å². The number of aromatic amines is 1. The van der Waals surface area contributed by atoms with Crippen LogP contribution < -0.4 is 16.0 Å². The zero-order valence-electron chi connectivity index (χ0n) is 40.0. The van der Waals surface area contributed by atoms with Crippen molar-refractivity contribution < 1.29 is 38.2 Å². The molecule has 3 heterocycles. The van der Waals surface area contributed by atoms with Crippen molar-refractivity contribution >= 4 is 35.6 Å². The SMILES string of the molecule is CCCCC1(CCCC)c2cc(NC(=O)[C@@H]3CCCN3C(=O)[C@H](NC(=O)OC)c3ccccc3)ccc2-c2ccc(-c3cnc([C@@H]4C[C@H](COC)CN4C(=O)[C@@H](NC(=O)OC)C(C)C)[nH]3)cc21. The molecular formula is C52H67N7O8.